The number of rotatable bonds is 0. The van der Waals surface area contributed by atoms with Crippen molar-refractivity contribution < 1.29 is 5.11 Å². The second-order valence-electron chi connectivity index (χ2n) is 1.34. The topological polar surface area (TPSA) is 20.2 Å². The van der Waals surface area contributed by atoms with Gasteiger partial charge in [0.25, 0.3) is 0 Å². The summed E-state index contributed by atoms with van der Waals surface area (Å²) in [6.07, 6.45) is 0. The molecule has 0 saturated heterocycles. The van der Waals surface area contributed by atoms with Gasteiger partial charge in [-0.15, -0.1) is 0 Å². The van der Waals surface area contributed by atoms with E-state index in [-0.39, 0.29) is 0 Å². The quantitative estimate of drug-likeness (QED) is 0.585. The molecule has 1 N–H and O–H groups in total. The minimum atomic E-state index is 0.322. The number of aromatic hydroxyl groups is 1. The molecule has 0 aliphatic carbocycles. The van der Waals surface area contributed by atoms with Gasteiger partial charge in [0.15, 0.2) is 0 Å². The molecule has 1 aromatic rings. The first-order valence-corrected chi connectivity index (χ1v) is 6.81. The van der Waals surface area contributed by atoms with Crippen LogP contribution in [-0.2, 0) is 0 Å². The van der Waals surface area contributed by atoms with Gasteiger partial charge in [-0.3, -0.25) is 0 Å². The summed E-state index contributed by atoms with van der Waals surface area (Å²) in [7, 11) is 0. The number of halogens is 1. The van der Waals surface area contributed by atoms with Gasteiger partial charge in [0.2, 0.25) is 0 Å². The van der Waals surface area contributed by atoms with Gasteiger partial charge in [0.1, 0.15) is 5.75 Å². The molecule has 1 aromatic carbocycles. The second kappa shape index (κ2) is 7.06. The fourth-order valence-corrected chi connectivity index (χ4v) is 0.428. The van der Waals surface area contributed by atoms with Crippen molar-refractivity contribution in [1.82, 2.24) is 0 Å². The van der Waals surface area contributed by atoms with Crippen LogP contribution in [-0.4, -0.2) is 52.2 Å². The number of hydrogen-bond donors (Lipinski definition) is 1. The van der Waals surface area contributed by atoms with Gasteiger partial charge in [0.05, 0.1) is 0 Å². The Morgan fingerprint density at radius 3 is 1.78 bits per heavy atom. The zero-order valence-electron chi connectivity index (χ0n) is 5.21. The summed E-state index contributed by atoms with van der Waals surface area (Å²) in [6.45, 7) is 0. The van der Waals surface area contributed by atoms with Crippen molar-refractivity contribution in [2.24, 2.45) is 0 Å². The van der Waals surface area contributed by atoms with Gasteiger partial charge < -0.3 is 5.11 Å². The normalized spacial score (nSPS) is 7.44. The van der Waals surface area contributed by atoms with Crippen LogP contribution < -0.4 is 0 Å². The van der Waals surface area contributed by atoms with Crippen molar-refractivity contribution >= 4 is 50.9 Å². The molecule has 1 rings (SSSR count). The number of phenolic OH excluding ortho intramolecular Hbond substituents is 1. The molecule has 9 heavy (non-hydrogen) atoms. The van der Waals surface area contributed by atoms with Crippen LogP contribution in [0, 0.1) is 0 Å². The van der Waals surface area contributed by atoms with Crippen LogP contribution >= 0.6 is 3.76 Å². The zero-order valence-corrected chi connectivity index (χ0v) is 9.09. The Morgan fingerprint density at radius 2 is 1.56 bits per heavy atom. The maximum absolute atomic E-state index is 8.63. The third-order valence-corrected chi connectivity index (χ3v) is 0.756. The standard InChI is InChI=1S/C6H6O.ClH.K/c7-6-4-2-1-3-5-6;;/h1-5,7H;1H;/q;;+1/p-1. The summed E-state index contributed by atoms with van der Waals surface area (Å²) in [5.74, 6) is 0.322. The summed E-state index contributed by atoms with van der Waals surface area (Å²) in [4.78, 5) is 0. The third kappa shape index (κ3) is 5.39. The van der Waals surface area contributed by atoms with Gasteiger partial charge in [-0.05, 0) is 12.1 Å². The van der Waals surface area contributed by atoms with Gasteiger partial charge in [-0.1, -0.05) is 18.2 Å². The first-order valence-electron chi connectivity index (χ1n) is 2.51. The van der Waals surface area contributed by atoms with E-state index < -0.39 is 0 Å². The van der Waals surface area contributed by atoms with E-state index in [9.17, 15) is 0 Å². The van der Waals surface area contributed by atoms with Crippen LogP contribution in [0.3, 0.4) is 0 Å². The molecule has 0 aliphatic rings. The maximum atomic E-state index is 8.63. The van der Waals surface area contributed by atoms with E-state index in [1.807, 2.05) is 6.07 Å². The molecule has 0 heterocycles. The van der Waals surface area contributed by atoms with Gasteiger partial charge in [-0.2, -0.15) is 0 Å². The molecule has 0 radical (unpaired) electrons. The van der Waals surface area contributed by atoms with Crippen molar-refractivity contribution in [2.45, 2.75) is 0 Å². The van der Waals surface area contributed by atoms with Crippen LogP contribution in [0.15, 0.2) is 30.3 Å². The molecule has 0 aliphatic heterocycles. The third-order valence-electron chi connectivity index (χ3n) is 0.756. The van der Waals surface area contributed by atoms with Crippen molar-refractivity contribution in [1.29, 1.82) is 0 Å². The van der Waals surface area contributed by atoms with Crippen LogP contribution in [0.25, 0.3) is 0 Å². The van der Waals surface area contributed by atoms with Crippen molar-refractivity contribution in [3.8, 4) is 5.75 Å². The Labute approximate surface area is 90.4 Å². The Balaban J connectivity index is 0.000000291. The van der Waals surface area contributed by atoms with Gasteiger partial charge in [0, 0.05) is 0 Å². The molecule has 0 unspecified atom stereocenters. The molecule has 1 nitrogen and oxygen atoms in total. The minimum absolute atomic E-state index is 0.322. The molecule has 0 saturated carbocycles. The number of benzene rings is 1. The molecule has 0 spiro atoms. The van der Waals surface area contributed by atoms with Crippen molar-refractivity contribution in [3.63, 3.8) is 0 Å². The zero-order chi connectivity index (χ0) is 7.11. The Hall–Kier alpha value is 0.946. The van der Waals surface area contributed by atoms with E-state index in [1.165, 1.54) is 0 Å². The summed E-state index contributed by atoms with van der Waals surface area (Å²) >= 11 is 0.535. The Bertz CT molecular complexity index is 143. The Morgan fingerprint density at radius 1 is 1.11 bits per heavy atom. The average molecular weight is 169 g/mol. The first-order chi connectivity index (χ1) is 4.39. The molecule has 0 bridgehead atoms. The van der Waals surface area contributed by atoms with E-state index in [4.69, 9.17) is 8.87 Å². The van der Waals surface area contributed by atoms with Gasteiger partial charge >= 0.3 is 50.9 Å². The molecule has 44 valence electrons. The van der Waals surface area contributed by atoms with Crippen LogP contribution in [0.5, 0.6) is 5.75 Å². The molecular weight excluding hydrogens is 163 g/mol. The fourth-order valence-electron chi connectivity index (χ4n) is 0.428. The fraction of sp³-hybridized carbons (Fsp3) is 0. The monoisotopic (exact) mass is 168 g/mol. The number of hydrogen-bond acceptors (Lipinski definition) is 1. The van der Waals surface area contributed by atoms with Crippen LogP contribution in [0.1, 0.15) is 0 Å². The number of para-hydroxylation sites is 1. The van der Waals surface area contributed by atoms with Crippen LogP contribution in [0.4, 0.5) is 0 Å². The summed E-state index contributed by atoms with van der Waals surface area (Å²) in [5, 5.41) is 8.63. The Kier molecular flexibility index (Phi) is 7.80. The van der Waals surface area contributed by atoms with Crippen molar-refractivity contribution in [3.05, 3.63) is 30.3 Å². The summed E-state index contributed by atoms with van der Waals surface area (Å²) < 4.78 is 4.83. The summed E-state index contributed by atoms with van der Waals surface area (Å²) in [6, 6.07) is 8.71. The van der Waals surface area contributed by atoms with Crippen LogP contribution in [0.2, 0.25) is 0 Å². The van der Waals surface area contributed by atoms with E-state index in [2.05, 4.69) is 0 Å². The predicted octanol–water partition coefficient (Wildman–Crippen LogP) is 1.70. The molecule has 0 amide bonds. The van der Waals surface area contributed by atoms with E-state index >= 15 is 0 Å². The van der Waals surface area contributed by atoms with Crippen molar-refractivity contribution in [2.75, 3.05) is 0 Å². The van der Waals surface area contributed by atoms with E-state index in [0.29, 0.717) is 52.9 Å². The second-order valence-corrected chi connectivity index (χ2v) is 1.34. The van der Waals surface area contributed by atoms with E-state index in [1.54, 1.807) is 24.3 Å². The predicted molar refractivity (Wildman–Crippen MR) is 39.7 cm³/mol. The molecule has 3 heteroatoms. The summed E-state index contributed by atoms with van der Waals surface area (Å²) in [5.41, 5.74) is 0. The van der Waals surface area contributed by atoms with Gasteiger partial charge in [-0.25, -0.2) is 0 Å². The SMILES string of the molecule is Oc1ccccc1.[Cl][K]. The first kappa shape index (κ1) is 9.95. The molecular formula is C6H6ClKO. The molecule has 0 fully saturated rings. The molecule has 0 atom stereocenters. The van der Waals surface area contributed by atoms with E-state index in [0.717, 1.165) is 0 Å². The average Bonchev–Trinajstić information content (AvgIpc) is 1.94. The number of phenols is 1. The molecule has 0 aromatic heterocycles.